The lowest BCUT2D eigenvalue weighted by atomic mass is 10.1. The number of benzene rings is 1. The van der Waals surface area contributed by atoms with Crippen molar-refractivity contribution in [2.45, 2.75) is 6.92 Å². The third-order valence-electron chi connectivity index (χ3n) is 2.80. The first kappa shape index (κ1) is 16.3. The molecular formula is C15H11Cl2NO4. The first-order valence-corrected chi connectivity index (χ1v) is 6.90. The second kappa shape index (κ2) is 6.77. The second-order valence-corrected chi connectivity index (χ2v) is 5.07. The Bertz CT molecular complexity index is 746. The van der Waals surface area contributed by atoms with Crippen LogP contribution >= 0.6 is 23.2 Å². The highest BCUT2D eigenvalue weighted by Crippen LogP contribution is 2.29. The smallest absolute Gasteiger partial charge is 0.345 e. The summed E-state index contributed by atoms with van der Waals surface area (Å²) in [6.45, 7) is 1.43. The van der Waals surface area contributed by atoms with Gasteiger partial charge >= 0.3 is 5.97 Å². The van der Waals surface area contributed by atoms with E-state index in [1.54, 1.807) is 6.07 Å². The van der Waals surface area contributed by atoms with E-state index in [1.165, 1.54) is 38.4 Å². The van der Waals surface area contributed by atoms with Crippen LogP contribution in [0.25, 0.3) is 0 Å². The summed E-state index contributed by atoms with van der Waals surface area (Å²) in [5.41, 5.74) is 0.597. The molecule has 2 aromatic rings. The van der Waals surface area contributed by atoms with Crippen LogP contribution in [-0.4, -0.2) is 23.8 Å². The lowest BCUT2D eigenvalue weighted by molar-refractivity contribution is 0.0729. The van der Waals surface area contributed by atoms with Crippen molar-refractivity contribution in [2.24, 2.45) is 0 Å². The molecule has 0 bridgehead atoms. The summed E-state index contributed by atoms with van der Waals surface area (Å²) in [6, 6.07) is 5.88. The Labute approximate surface area is 136 Å². The third-order valence-corrected chi connectivity index (χ3v) is 3.49. The molecule has 0 saturated carbocycles. The maximum atomic E-state index is 12.1. The zero-order valence-electron chi connectivity index (χ0n) is 11.7. The van der Waals surface area contributed by atoms with E-state index in [-0.39, 0.29) is 33.0 Å². The fourth-order valence-corrected chi connectivity index (χ4v) is 1.93. The van der Waals surface area contributed by atoms with Gasteiger partial charge in [0, 0.05) is 11.8 Å². The summed E-state index contributed by atoms with van der Waals surface area (Å²) < 4.78 is 10.4. The third kappa shape index (κ3) is 3.55. The molecule has 5 nitrogen and oxygen atoms in total. The van der Waals surface area contributed by atoms with Crippen LogP contribution in [0.1, 0.15) is 27.6 Å². The maximum Gasteiger partial charge on any atom is 0.345 e. The number of ether oxygens (including phenoxy) is 2. The molecule has 0 radical (unpaired) electrons. The Kier molecular flexibility index (Phi) is 5.00. The van der Waals surface area contributed by atoms with Crippen molar-refractivity contribution in [3.63, 3.8) is 0 Å². The minimum Gasteiger partial charge on any atom is -0.493 e. The van der Waals surface area contributed by atoms with Gasteiger partial charge in [-0.25, -0.2) is 9.78 Å². The van der Waals surface area contributed by atoms with Crippen LogP contribution in [0.2, 0.25) is 10.2 Å². The molecule has 0 spiro atoms. The average Bonchev–Trinajstić information content (AvgIpc) is 2.50. The van der Waals surface area contributed by atoms with Crippen LogP contribution < -0.4 is 9.47 Å². The Morgan fingerprint density at radius 1 is 1.09 bits per heavy atom. The number of nitrogens with zero attached hydrogens (tertiary/aromatic N) is 1. The number of halogens is 2. The van der Waals surface area contributed by atoms with Gasteiger partial charge in [-0.1, -0.05) is 23.2 Å². The van der Waals surface area contributed by atoms with Crippen molar-refractivity contribution >= 4 is 35.0 Å². The summed E-state index contributed by atoms with van der Waals surface area (Å²) >= 11 is 11.5. The van der Waals surface area contributed by atoms with Crippen molar-refractivity contribution < 1.29 is 19.1 Å². The number of pyridine rings is 1. The van der Waals surface area contributed by atoms with E-state index in [0.717, 1.165) is 0 Å². The van der Waals surface area contributed by atoms with Gasteiger partial charge in [-0.15, -0.1) is 0 Å². The van der Waals surface area contributed by atoms with E-state index in [2.05, 4.69) is 4.98 Å². The Morgan fingerprint density at radius 3 is 2.41 bits per heavy atom. The molecule has 0 aliphatic heterocycles. The number of hydrogen-bond acceptors (Lipinski definition) is 5. The van der Waals surface area contributed by atoms with Gasteiger partial charge in [0.15, 0.2) is 17.3 Å². The van der Waals surface area contributed by atoms with Crippen LogP contribution in [0.4, 0.5) is 0 Å². The molecular weight excluding hydrogens is 329 g/mol. The summed E-state index contributed by atoms with van der Waals surface area (Å²) in [5.74, 6) is -0.331. The summed E-state index contributed by atoms with van der Waals surface area (Å²) in [6.07, 6.45) is 1.26. The highest BCUT2D eigenvalue weighted by Gasteiger charge is 2.15. The second-order valence-electron chi connectivity index (χ2n) is 4.31. The normalized spacial score (nSPS) is 10.2. The molecule has 22 heavy (non-hydrogen) atoms. The van der Waals surface area contributed by atoms with Gasteiger partial charge in [0.2, 0.25) is 0 Å². The van der Waals surface area contributed by atoms with E-state index >= 15 is 0 Å². The highest BCUT2D eigenvalue weighted by atomic mass is 35.5. The summed E-state index contributed by atoms with van der Waals surface area (Å²) in [5, 5.41) is 0.247. The van der Waals surface area contributed by atoms with E-state index in [0.29, 0.717) is 5.56 Å². The number of carbonyl (C=O) groups excluding carboxylic acids is 2. The number of rotatable bonds is 4. The number of aromatic nitrogens is 1. The molecule has 0 fully saturated rings. The fraction of sp³-hybridized carbons (Fsp3) is 0.133. The first-order chi connectivity index (χ1) is 10.4. The van der Waals surface area contributed by atoms with E-state index in [4.69, 9.17) is 32.7 Å². The van der Waals surface area contributed by atoms with Crippen LogP contribution in [0.5, 0.6) is 11.5 Å². The molecule has 7 heteroatoms. The number of hydrogen-bond donors (Lipinski definition) is 0. The molecule has 1 heterocycles. The van der Waals surface area contributed by atoms with Crippen molar-refractivity contribution in [1.29, 1.82) is 0 Å². The number of carbonyl (C=O) groups is 2. The van der Waals surface area contributed by atoms with Gasteiger partial charge < -0.3 is 9.47 Å². The molecule has 1 aromatic heterocycles. The zero-order chi connectivity index (χ0) is 16.3. The SMILES string of the molecule is COc1cc(C(C)=O)ccc1OC(=O)c1cnc(Cl)c(Cl)c1. The van der Waals surface area contributed by atoms with E-state index in [1.807, 2.05) is 0 Å². The van der Waals surface area contributed by atoms with Crippen LogP contribution in [0, 0.1) is 0 Å². The summed E-state index contributed by atoms with van der Waals surface area (Å²) in [7, 11) is 1.41. The van der Waals surface area contributed by atoms with Crippen LogP contribution in [0.3, 0.4) is 0 Å². The largest absolute Gasteiger partial charge is 0.493 e. The lowest BCUT2D eigenvalue weighted by Crippen LogP contribution is -2.10. The van der Waals surface area contributed by atoms with Gasteiger partial charge in [-0.3, -0.25) is 4.79 Å². The van der Waals surface area contributed by atoms with Crippen molar-refractivity contribution in [2.75, 3.05) is 7.11 Å². The number of Topliss-reactive ketones (excluding diaryl/α,β-unsaturated/α-hetero) is 1. The minimum atomic E-state index is -0.667. The molecule has 0 N–H and O–H groups in total. The van der Waals surface area contributed by atoms with Crippen molar-refractivity contribution in [3.8, 4) is 11.5 Å². The topological polar surface area (TPSA) is 65.5 Å². The number of methoxy groups -OCH3 is 1. The van der Waals surface area contributed by atoms with Gasteiger partial charge in [0.25, 0.3) is 0 Å². The Morgan fingerprint density at radius 2 is 1.82 bits per heavy atom. The molecule has 2 rings (SSSR count). The van der Waals surface area contributed by atoms with Crippen LogP contribution in [0.15, 0.2) is 30.5 Å². The van der Waals surface area contributed by atoms with Gasteiger partial charge in [-0.2, -0.15) is 0 Å². The average molecular weight is 340 g/mol. The summed E-state index contributed by atoms with van der Waals surface area (Å²) in [4.78, 5) is 27.2. The molecule has 0 aliphatic carbocycles. The molecule has 114 valence electrons. The molecule has 0 saturated heterocycles. The van der Waals surface area contributed by atoms with Gasteiger partial charge in [0.05, 0.1) is 17.7 Å². The van der Waals surface area contributed by atoms with Gasteiger partial charge in [0.1, 0.15) is 5.15 Å². The predicted octanol–water partition coefficient (Wildman–Crippen LogP) is 3.82. The standard InChI is InChI=1S/C15H11Cl2NO4/c1-8(19)9-3-4-12(13(6-9)21-2)22-15(20)10-5-11(16)14(17)18-7-10/h3-7H,1-2H3. The molecule has 0 aliphatic rings. The first-order valence-electron chi connectivity index (χ1n) is 6.14. The van der Waals surface area contributed by atoms with E-state index in [9.17, 15) is 9.59 Å². The minimum absolute atomic E-state index is 0.0987. The monoisotopic (exact) mass is 339 g/mol. The molecule has 0 atom stereocenters. The zero-order valence-corrected chi connectivity index (χ0v) is 13.2. The quantitative estimate of drug-likeness (QED) is 0.366. The number of ketones is 1. The predicted molar refractivity (Wildman–Crippen MR) is 82.2 cm³/mol. The Balaban J connectivity index is 2.27. The highest BCUT2D eigenvalue weighted by molar-refractivity contribution is 6.41. The maximum absolute atomic E-state index is 12.1. The fourth-order valence-electron chi connectivity index (χ4n) is 1.66. The van der Waals surface area contributed by atoms with E-state index < -0.39 is 5.97 Å². The molecule has 1 aromatic carbocycles. The number of esters is 1. The molecule has 0 amide bonds. The van der Waals surface area contributed by atoms with Crippen LogP contribution in [-0.2, 0) is 0 Å². The molecule has 0 unspecified atom stereocenters. The van der Waals surface area contributed by atoms with Crippen molar-refractivity contribution in [3.05, 3.63) is 51.8 Å². The van der Waals surface area contributed by atoms with Crippen molar-refractivity contribution in [1.82, 2.24) is 4.98 Å². The van der Waals surface area contributed by atoms with Gasteiger partial charge in [-0.05, 0) is 31.2 Å². The Hall–Kier alpha value is -2.11. The lowest BCUT2D eigenvalue weighted by Gasteiger charge is -2.10.